The van der Waals surface area contributed by atoms with Crippen LogP contribution in [0.25, 0.3) is 10.9 Å². The summed E-state index contributed by atoms with van der Waals surface area (Å²) in [6.07, 6.45) is 4.44. The first-order valence-electron chi connectivity index (χ1n) is 4.82. The predicted octanol–water partition coefficient (Wildman–Crippen LogP) is 2.93. The van der Waals surface area contributed by atoms with E-state index in [0.717, 1.165) is 16.7 Å². The van der Waals surface area contributed by atoms with Crippen molar-refractivity contribution < 1.29 is 0 Å². The van der Waals surface area contributed by atoms with E-state index in [1.807, 2.05) is 0 Å². The lowest BCUT2D eigenvalue weighted by molar-refractivity contribution is 0.636. The molecule has 1 aliphatic rings. The summed E-state index contributed by atoms with van der Waals surface area (Å²) in [4.78, 5) is 0. The minimum absolute atomic E-state index is 0.893. The molecule has 1 aromatic heterocycles. The summed E-state index contributed by atoms with van der Waals surface area (Å²) in [7, 11) is 0. The van der Waals surface area contributed by atoms with Crippen LogP contribution < -0.4 is 5.73 Å². The molecule has 3 rings (SSSR count). The predicted molar refractivity (Wildman–Crippen MR) is 62.4 cm³/mol. The molecule has 14 heavy (non-hydrogen) atoms. The van der Waals surface area contributed by atoms with Crippen LogP contribution in [-0.4, -0.2) is 4.57 Å². The van der Waals surface area contributed by atoms with Crippen molar-refractivity contribution in [3.05, 3.63) is 28.4 Å². The van der Waals surface area contributed by atoms with Crippen LogP contribution in [0.4, 0.5) is 5.69 Å². The molecular formula is C11H11BrN2. The number of aryl methyl sites for hydroxylation is 2. The Bertz CT molecular complexity index is 513. The fourth-order valence-corrected chi connectivity index (χ4v) is 2.83. The first kappa shape index (κ1) is 8.36. The van der Waals surface area contributed by atoms with Gasteiger partial charge in [-0.3, -0.25) is 0 Å². The molecule has 0 atom stereocenters. The fourth-order valence-electron chi connectivity index (χ4n) is 2.32. The Hall–Kier alpha value is -0.960. The Morgan fingerprint density at radius 2 is 2.21 bits per heavy atom. The van der Waals surface area contributed by atoms with E-state index in [1.165, 1.54) is 29.3 Å². The molecule has 0 fully saturated rings. The highest BCUT2D eigenvalue weighted by molar-refractivity contribution is 9.10. The monoisotopic (exact) mass is 250 g/mol. The lowest BCUT2D eigenvalue weighted by atomic mass is 10.0. The summed E-state index contributed by atoms with van der Waals surface area (Å²) < 4.78 is 3.40. The van der Waals surface area contributed by atoms with E-state index < -0.39 is 0 Å². The van der Waals surface area contributed by atoms with Crippen molar-refractivity contribution >= 4 is 32.5 Å². The quantitative estimate of drug-likeness (QED) is 0.766. The Labute approximate surface area is 90.8 Å². The second kappa shape index (κ2) is 2.76. The van der Waals surface area contributed by atoms with Gasteiger partial charge in [0.2, 0.25) is 0 Å². The van der Waals surface area contributed by atoms with E-state index in [2.05, 4.69) is 38.8 Å². The van der Waals surface area contributed by atoms with Crippen LogP contribution >= 0.6 is 15.9 Å². The minimum Gasteiger partial charge on any atom is -0.397 e. The minimum atomic E-state index is 0.893. The van der Waals surface area contributed by atoms with Crippen LogP contribution in [-0.2, 0) is 13.0 Å². The molecule has 1 aromatic carbocycles. The number of benzene rings is 1. The highest BCUT2D eigenvalue weighted by atomic mass is 79.9. The topological polar surface area (TPSA) is 30.9 Å². The van der Waals surface area contributed by atoms with Gasteiger partial charge in [0, 0.05) is 22.6 Å². The van der Waals surface area contributed by atoms with Crippen LogP contribution in [0.2, 0.25) is 0 Å². The zero-order valence-electron chi connectivity index (χ0n) is 7.76. The molecule has 0 amide bonds. The Balaban J connectivity index is 2.49. The maximum atomic E-state index is 5.98. The third-order valence-electron chi connectivity index (χ3n) is 2.89. The van der Waals surface area contributed by atoms with Crippen molar-refractivity contribution in [3.8, 4) is 0 Å². The molecule has 0 radical (unpaired) electrons. The van der Waals surface area contributed by atoms with Crippen molar-refractivity contribution in [2.24, 2.45) is 0 Å². The molecular weight excluding hydrogens is 240 g/mol. The van der Waals surface area contributed by atoms with Crippen molar-refractivity contribution in [3.63, 3.8) is 0 Å². The van der Waals surface area contributed by atoms with Gasteiger partial charge in [-0.25, -0.2) is 0 Å². The zero-order chi connectivity index (χ0) is 9.71. The van der Waals surface area contributed by atoms with Crippen LogP contribution in [0.15, 0.2) is 22.8 Å². The number of hydrogen-bond donors (Lipinski definition) is 1. The summed E-state index contributed by atoms with van der Waals surface area (Å²) in [5.41, 5.74) is 9.61. The van der Waals surface area contributed by atoms with E-state index >= 15 is 0 Å². The van der Waals surface area contributed by atoms with Gasteiger partial charge in [0.15, 0.2) is 0 Å². The van der Waals surface area contributed by atoms with Gasteiger partial charge < -0.3 is 10.3 Å². The van der Waals surface area contributed by atoms with Gasteiger partial charge in [0.25, 0.3) is 0 Å². The Morgan fingerprint density at radius 3 is 3.07 bits per heavy atom. The normalized spacial score (nSPS) is 14.9. The molecule has 0 saturated heterocycles. The second-order valence-corrected chi connectivity index (χ2v) is 4.76. The maximum absolute atomic E-state index is 5.98. The SMILES string of the molecule is Nc1cn2c3c(cc(Br)cc13)CCC2. The summed E-state index contributed by atoms with van der Waals surface area (Å²) in [6.45, 7) is 1.10. The number of nitrogen functional groups attached to an aromatic ring is 1. The van der Waals surface area contributed by atoms with E-state index in [9.17, 15) is 0 Å². The number of rotatable bonds is 0. The summed E-state index contributed by atoms with van der Waals surface area (Å²) >= 11 is 3.53. The van der Waals surface area contributed by atoms with Crippen molar-refractivity contribution in [1.29, 1.82) is 0 Å². The van der Waals surface area contributed by atoms with Gasteiger partial charge in [0.1, 0.15) is 0 Å². The molecule has 3 heteroatoms. The fraction of sp³-hybridized carbons (Fsp3) is 0.273. The third-order valence-corrected chi connectivity index (χ3v) is 3.35. The van der Waals surface area contributed by atoms with Crippen LogP contribution in [0, 0.1) is 0 Å². The molecule has 0 saturated carbocycles. The average Bonchev–Trinajstić information content (AvgIpc) is 2.45. The Kier molecular flexibility index (Phi) is 1.65. The third kappa shape index (κ3) is 1.02. The van der Waals surface area contributed by atoms with Crippen LogP contribution in [0.3, 0.4) is 0 Å². The summed E-state index contributed by atoms with van der Waals surface area (Å²) in [5.74, 6) is 0. The smallest absolute Gasteiger partial charge is 0.0574 e. The molecule has 2 aromatic rings. The van der Waals surface area contributed by atoms with Crippen LogP contribution in [0.1, 0.15) is 12.0 Å². The standard InChI is InChI=1S/C11H11BrN2/c12-8-4-7-2-1-3-14-6-10(13)9(5-8)11(7)14/h4-6H,1-3,13H2. The molecule has 72 valence electrons. The first-order valence-corrected chi connectivity index (χ1v) is 5.62. The number of nitrogens with zero attached hydrogens (tertiary/aromatic N) is 1. The van der Waals surface area contributed by atoms with Gasteiger partial charge in [-0.05, 0) is 30.5 Å². The highest BCUT2D eigenvalue weighted by Crippen LogP contribution is 2.33. The average molecular weight is 251 g/mol. The van der Waals surface area contributed by atoms with Crippen molar-refractivity contribution in [2.75, 3.05) is 5.73 Å². The molecule has 2 N–H and O–H groups in total. The van der Waals surface area contributed by atoms with Gasteiger partial charge in [-0.1, -0.05) is 15.9 Å². The molecule has 0 unspecified atom stereocenters. The molecule has 2 nitrogen and oxygen atoms in total. The molecule has 2 heterocycles. The largest absolute Gasteiger partial charge is 0.397 e. The molecule has 0 aliphatic carbocycles. The number of nitrogens with two attached hydrogens (primary N) is 1. The van der Waals surface area contributed by atoms with Crippen molar-refractivity contribution in [2.45, 2.75) is 19.4 Å². The van der Waals surface area contributed by atoms with E-state index in [0.29, 0.717) is 0 Å². The number of anilines is 1. The zero-order valence-corrected chi connectivity index (χ0v) is 9.34. The van der Waals surface area contributed by atoms with Gasteiger partial charge in [-0.15, -0.1) is 0 Å². The Morgan fingerprint density at radius 1 is 1.36 bits per heavy atom. The number of hydrogen-bond acceptors (Lipinski definition) is 1. The number of halogens is 1. The molecule has 0 bridgehead atoms. The van der Waals surface area contributed by atoms with E-state index in [4.69, 9.17) is 5.73 Å². The lowest BCUT2D eigenvalue weighted by Gasteiger charge is -2.15. The van der Waals surface area contributed by atoms with Gasteiger partial charge >= 0.3 is 0 Å². The second-order valence-electron chi connectivity index (χ2n) is 3.84. The lowest BCUT2D eigenvalue weighted by Crippen LogP contribution is -2.06. The van der Waals surface area contributed by atoms with E-state index in [-0.39, 0.29) is 0 Å². The maximum Gasteiger partial charge on any atom is 0.0574 e. The summed E-state index contributed by atoms with van der Waals surface area (Å²) in [5, 5.41) is 1.19. The first-order chi connectivity index (χ1) is 6.75. The molecule has 1 aliphatic heterocycles. The van der Waals surface area contributed by atoms with Crippen molar-refractivity contribution in [1.82, 2.24) is 4.57 Å². The van der Waals surface area contributed by atoms with Gasteiger partial charge in [-0.2, -0.15) is 0 Å². The molecule has 0 spiro atoms. The summed E-state index contributed by atoms with van der Waals surface area (Å²) in [6, 6.07) is 4.31. The number of aromatic nitrogens is 1. The van der Waals surface area contributed by atoms with Gasteiger partial charge in [0.05, 0.1) is 11.2 Å². The highest BCUT2D eigenvalue weighted by Gasteiger charge is 2.15. The van der Waals surface area contributed by atoms with Crippen LogP contribution in [0.5, 0.6) is 0 Å². The van der Waals surface area contributed by atoms with E-state index in [1.54, 1.807) is 0 Å².